The number of ether oxygens (including phenoxy) is 1. The molecule has 0 bridgehead atoms. The Bertz CT molecular complexity index is 470. The summed E-state index contributed by atoms with van der Waals surface area (Å²) in [5.74, 6) is 2.19. The predicted octanol–water partition coefficient (Wildman–Crippen LogP) is 1.89. The van der Waals surface area contributed by atoms with E-state index in [1.807, 2.05) is 44.3 Å². The lowest BCUT2D eigenvalue weighted by molar-refractivity contribution is 0.212. The van der Waals surface area contributed by atoms with E-state index < -0.39 is 0 Å². The highest BCUT2D eigenvalue weighted by Crippen LogP contribution is 2.08. The summed E-state index contributed by atoms with van der Waals surface area (Å²) in [7, 11) is 1.99. The molecule has 0 N–H and O–H groups in total. The third kappa shape index (κ3) is 3.85. The maximum Gasteiger partial charge on any atom is 0.240 e. The zero-order valence-electron chi connectivity index (χ0n) is 10.7. The molecular formula is C13H17N3O2. The van der Waals surface area contributed by atoms with E-state index >= 15 is 0 Å². The van der Waals surface area contributed by atoms with E-state index in [4.69, 9.17) is 9.26 Å². The average Bonchev–Trinajstić information content (AvgIpc) is 2.76. The second kappa shape index (κ2) is 6.16. The van der Waals surface area contributed by atoms with Gasteiger partial charge in [0.15, 0.2) is 5.82 Å². The molecular weight excluding hydrogens is 230 g/mol. The number of para-hydroxylation sites is 1. The van der Waals surface area contributed by atoms with Gasteiger partial charge in [0.05, 0.1) is 6.54 Å². The first-order chi connectivity index (χ1) is 8.74. The Labute approximate surface area is 106 Å². The van der Waals surface area contributed by atoms with Gasteiger partial charge in [0.25, 0.3) is 0 Å². The Kier molecular flexibility index (Phi) is 4.30. The van der Waals surface area contributed by atoms with E-state index in [9.17, 15) is 0 Å². The first-order valence-corrected chi connectivity index (χ1v) is 5.89. The van der Waals surface area contributed by atoms with E-state index in [0.717, 1.165) is 12.3 Å². The van der Waals surface area contributed by atoms with Gasteiger partial charge in [-0.05, 0) is 26.1 Å². The van der Waals surface area contributed by atoms with Gasteiger partial charge < -0.3 is 9.26 Å². The van der Waals surface area contributed by atoms with Crippen LogP contribution in [0.25, 0.3) is 0 Å². The Morgan fingerprint density at radius 3 is 2.72 bits per heavy atom. The van der Waals surface area contributed by atoms with Crippen molar-refractivity contribution in [2.45, 2.75) is 13.5 Å². The third-order valence-electron chi connectivity index (χ3n) is 2.46. The summed E-state index contributed by atoms with van der Waals surface area (Å²) in [6.45, 7) is 3.88. The molecule has 1 aromatic heterocycles. The van der Waals surface area contributed by atoms with Crippen molar-refractivity contribution < 1.29 is 9.26 Å². The number of aromatic nitrogens is 2. The van der Waals surface area contributed by atoms with Crippen molar-refractivity contribution in [2.75, 3.05) is 20.2 Å². The molecule has 0 aliphatic rings. The number of benzene rings is 1. The predicted molar refractivity (Wildman–Crippen MR) is 67.3 cm³/mol. The lowest BCUT2D eigenvalue weighted by Gasteiger charge is -2.14. The smallest absolute Gasteiger partial charge is 0.240 e. The van der Waals surface area contributed by atoms with Crippen LogP contribution in [0.2, 0.25) is 0 Å². The Hall–Kier alpha value is -1.88. The van der Waals surface area contributed by atoms with Crippen LogP contribution in [0, 0.1) is 6.92 Å². The topological polar surface area (TPSA) is 51.4 Å². The van der Waals surface area contributed by atoms with Crippen LogP contribution >= 0.6 is 0 Å². The maximum absolute atomic E-state index is 5.61. The Morgan fingerprint density at radius 2 is 2.06 bits per heavy atom. The Morgan fingerprint density at radius 1 is 1.28 bits per heavy atom. The number of nitrogens with zero attached hydrogens (tertiary/aromatic N) is 3. The molecule has 0 saturated carbocycles. The number of hydrogen-bond acceptors (Lipinski definition) is 5. The van der Waals surface area contributed by atoms with Crippen LogP contribution in [0.5, 0.6) is 5.75 Å². The highest BCUT2D eigenvalue weighted by molar-refractivity contribution is 5.20. The van der Waals surface area contributed by atoms with Gasteiger partial charge in [-0.3, -0.25) is 4.90 Å². The maximum atomic E-state index is 5.61. The molecule has 0 amide bonds. The van der Waals surface area contributed by atoms with Crippen molar-refractivity contribution in [1.82, 2.24) is 15.0 Å². The third-order valence-corrected chi connectivity index (χ3v) is 2.46. The second-order valence-corrected chi connectivity index (χ2v) is 4.13. The summed E-state index contributed by atoms with van der Waals surface area (Å²) in [5, 5.41) is 3.75. The standard InChI is InChI=1S/C13H17N3O2/c1-11-14-13(18-15-11)10-16(2)8-9-17-12-6-4-3-5-7-12/h3-7H,8-10H2,1-2H3. The molecule has 1 aromatic carbocycles. The molecule has 1 heterocycles. The molecule has 0 fully saturated rings. The van der Waals surface area contributed by atoms with Gasteiger partial charge in [0, 0.05) is 6.54 Å². The van der Waals surface area contributed by atoms with Crippen LogP contribution in [-0.4, -0.2) is 35.2 Å². The van der Waals surface area contributed by atoms with Crippen molar-refractivity contribution in [3.8, 4) is 5.75 Å². The van der Waals surface area contributed by atoms with E-state index in [0.29, 0.717) is 24.9 Å². The molecule has 0 aliphatic heterocycles. The molecule has 96 valence electrons. The average molecular weight is 247 g/mol. The SMILES string of the molecule is Cc1noc(CN(C)CCOc2ccccc2)n1. The van der Waals surface area contributed by atoms with Crippen molar-refractivity contribution in [1.29, 1.82) is 0 Å². The van der Waals surface area contributed by atoms with Crippen LogP contribution in [0.3, 0.4) is 0 Å². The summed E-state index contributed by atoms with van der Waals surface area (Å²) in [4.78, 5) is 6.24. The number of aryl methyl sites for hydroxylation is 1. The Balaban J connectivity index is 1.70. The quantitative estimate of drug-likeness (QED) is 0.780. The van der Waals surface area contributed by atoms with Gasteiger partial charge in [0.1, 0.15) is 12.4 Å². The molecule has 0 spiro atoms. The van der Waals surface area contributed by atoms with Gasteiger partial charge >= 0.3 is 0 Å². The second-order valence-electron chi connectivity index (χ2n) is 4.13. The van der Waals surface area contributed by atoms with Crippen molar-refractivity contribution in [3.05, 3.63) is 42.0 Å². The highest BCUT2D eigenvalue weighted by Gasteiger charge is 2.06. The van der Waals surface area contributed by atoms with Gasteiger partial charge in [-0.25, -0.2) is 0 Å². The largest absolute Gasteiger partial charge is 0.492 e. The fraction of sp³-hybridized carbons (Fsp3) is 0.385. The first kappa shape index (κ1) is 12.6. The summed E-state index contributed by atoms with van der Waals surface area (Å²) < 4.78 is 10.7. The fourth-order valence-corrected chi connectivity index (χ4v) is 1.55. The molecule has 0 atom stereocenters. The molecule has 0 saturated heterocycles. The first-order valence-electron chi connectivity index (χ1n) is 5.89. The molecule has 5 heteroatoms. The fourth-order valence-electron chi connectivity index (χ4n) is 1.55. The van der Waals surface area contributed by atoms with Crippen LogP contribution < -0.4 is 4.74 Å². The van der Waals surface area contributed by atoms with Crippen LogP contribution in [0.15, 0.2) is 34.9 Å². The molecule has 0 unspecified atom stereocenters. The van der Waals surface area contributed by atoms with Crippen LogP contribution in [0.1, 0.15) is 11.7 Å². The minimum Gasteiger partial charge on any atom is -0.492 e. The number of rotatable bonds is 6. The van der Waals surface area contributed by atoms with Crippen molar-refractivity contribution in [3.63, 3.8) is 0 Å². The molecule has 2 rings (SSSR count). The van der Waals surface area contributed by atoms with E-state index in [2.05, 4.69) is 15.0 Å². The summed E-state index contributed by atoms with van der Waals surface area (Å²) in [6, 6.07) is 9.78. The van der Waals surface area contributed by atoms with Crippen LogP contribution in [-0.2, 0) is 6.54 Å². The number of likely N-dealkylation sites (N-methyl/N-ethyl adjacent to an activating group) is 1. The van der Waals surface area contributed by atoms with Crippen molar-refractivity contribution >= 4 is 0 Å². The molecule has 5 nitrogen and oxygen atoms in total. The minimum atomic E-state index is 0.633. The summed E-state index contributed by atoms with van der Waals surface area (Å²) in [5.41, 5.74) is 0. The zero-order valence-corrected chi connectivity index (χ0v) is 10.7. The normalized spacial score (nSPS) is 10.8. The molecule has 0 radical (unpaired) electrons. The molecule has 2 aromatic rings. The molecule has 0 aliphatic carbocycles. The lowest BCUT2D eigenvalue weighted by atomic mass is 10.3. The summed E-state index contributed by atoms with van der Waals surface area (Å²) in [6.07, 6.45) is 0. The van der Waals surface area contributed by atoms with E-state index in [-0.39, 0.29) is 0 Å². The monoisotopic (exact) mass is 247 g/mol. The van der Waals surface area contributed by atoms with Gasteiger partial charge in [0.2, 0.25) is 5.89 Å². The summed E-state index contributed by atoms with van der Waals surface area (Å²) >= 11 is 0. The van der Waals surface area contributed by atoms with Gasteiger partial charge in [-0.1, -0.05) is 23.4 Å². The van der Waals surface area contributed by atoms with Gasteiger partial charge in [-0.2, -0.15) is 4.98 Å². The number of hydrogen-bond donors (Lipinski definition) is 0. The van der Waals surface area contributed by atoms with Gasteiger partial charge in [-0.15, -0.1) is 0 Å². The van der Waals surface area contributed by atoms with E-state index in [1.54, 1.807) is 0 Å². The minimum absolute atomic E-state index is 0.633. The lowest BCUT2D eigenvalue weighted by Crippen LogP contribution is -2.24. The zero-order chi connectivity index (χ0) is 12.8. The van der Waals surface area contributed by atoms with E-state index in [1.165, 1.54) is 0 Å². The van der Waals surface area contributed by atoms with Crippen molar-refractivity contribution in [2.24, 2.45) is 0 Å². The highest BCUT2D eigenvalue weighted by atomic mass is 16.5. The molecule has 18 heavy (non-hydrogen) atoms. The van der Waals surface area contributed by atoms with Crippen LogP contribution in [0.4, 0.5) is 0 Å².